The predicted octanol–water partition coefficient (Wildman–Crippen LogP) is 4.09. The molecule has 9 heteroatoms. The Bertz CT molecular complexity index is 1280. The Morgan fingerprint density at radius 3 is 2.76 bits per heavy atom. The summed E-state index contributed by atoms with van der Waals surface area (Å²) in [4.78, 5) is 16.9. The van der Waals surface area contributed by atoms with Crippen LogP contribution in [-0.2, 0) is 11.3 Å². The molecular formula is C25H23N5O3S. The van der Waals surface area contributed by atoms with Crippen molar-refractivity contribution in [3.8, 4) is 22.9 Å². The fourth-order valence-electron chi connectivity index (χ4n) is 3.69. The lowest BCUT2D eigenvalue weighted by atomic mass is 10.1. The highest BCUT2D eigenvalue weighted by molar-refractivity contribution is 7.99. The highest BCUT2D eigenvalue weighted by atomic mass is 32.2. The third-order valence-corrected chi connectivity index (χ3v) is 6.39. The molecule has 2 aromatic carbocycles. The number of hydrogen-bond acceptors (Lipinski definition) is 7. The number of amides is 1. The minimum Gasteiger partial charge on any atom is -0.454 e. The average Bonchev–Trinajstić information content (AvgIpc) is 3.50. The van der Waals surface area contributed by atoms with Crippen LogP contribution in [0.5, 0.6) is 11.5 Å². The minimum absolute atomic E-state index is 0.0904. The molecular weight excluding hydrogens is 450 g/mol. The number of fused-ring (bicyclic) bond motifs is 1. The summed E-state index contributed by atoms with van der Waals surface area (Å²) >= 11 is 1.36. The molecule has 0 radical (unpaired) electrons. The largest absolute Gasteiger partial charge is 0.454 e. The number of pyridine rings is 1. The zero-order valence-corrected chi connectivity index (χ0v) is 19.4. The number of aromatic nitrogens is 4. The highest BCUT2D eigenvalue weighted by Crippen LogP contribution is 2.34. The van der Waals surface area contributed by atoms with E-state index in [9.17, 15) is 4.79 Å². The Labute approximate surface area is 201 Å². The molecule has 3 heterocycles. The van der Waals surface area contributed by atoms with Crippen LogP contribution in [0.1, 0.15) is 24.1 Å². The van der Waals surface area contributed by atoms with Gasteiger partial charge in [-0.1, -0.05) is 48.2 Å². The van der Waals surface area contributed by atoms with Crippen molar-refractivity contribution in [2.24, 2.45) is 0 Å². The van der Waals surface area contributed by atoms with Crippen molar-refractivity contribution in [3.63, 3.8) is 0 Å². The van der Waals surface area contributed by atoms with Crippen LogP contribution >= 0.6 is 11.8 Å². The molecule has 172 valence electrons. The third-order valence-electron chi connectivity index (χ3n) is 5.43. The van der Waals surface area contributed by atoms with Crippen molar-refractivity contribution >= 4 is 17.7 Å². The zero-order chi connectivity index (χ0) is 23.3. The van der Waals surface area contributed by atoms with Gasteiger partial charge in [0.15, 0.2) is 22.5 Å². The van der Waals surface area contributed by atoms with Crippen molar-refractivity contribution in [2.45, 2.75) is 24.7 Å². The van der Waals surface area contributed by atoms with Crippen molar-refractivity contribution in [3.05, 3.63) is 84.2 Å². The molecule has 0 aliphatic carbocycles. The maximum atomic E-state index is 12.7. The second-order valence-corrected chi connectivity index (χ2v) is 8.75. The first-order chi connectivity index (χ1) is 16.7. The maximum absolute atomic E-state index is 12.7. The molecule has 0 saturated heterocycles. The second-order valence-electron chi connectivity index (χ2n) is 7.81. The smallest absolute Gasteiger partial charge is 0.231 e. The molecule has 0 saturated carbocycles. The van der Waals surface area contributed by atoms with Gasteiger partial charge in [-0.25, -0.2) is 0 Å². The second kappa shape index (κ2) is 9.96. The number of rotatable bonds is 8. The Morgan fingerprint density at radius 1 is 1.09 bits per heavy atom. The molecule has 4 aromatic rings. The fourth-order valence-corrected chi connectivity index (χ4v) is 4.44. The van der Waals surface area contributed by atoms with Crippen molar-refractivity contribution in [1.82, 2.24) is 25.1 Å². The van der Waals surface area contributed by atoms with Crippen LogP contribution in [0, 0.1) is 0 Å². The predicted molar refractivity (Wildman–Crippen MR) is 129 cm³/mol. The molecule has 0 fully saturated rings. The van der Waals surface area contributed by atoms with E-state index >= 15 is 0 Å². The van der Waals surface area contributed by atoms with Crippen molar-refractivity contribution < 1.29 is 14.3 Å². The molecule has 34 heavy (non-hydrogen) atoms. The lowest BCUT2D eigenvalue weighted by molar-refractivity contribution is -0.119. The molecule has 0 bridgehead atoms. The van der Waals surface area contributed by atoms with Gasteiger partial charge in [-0.15, -0.1) is 10.2 Å². The Balaban J connectivity index is 1.29. The topological polar surface area (TPSA) is 91.2 Å². The minimum atomic E-state index is -0.171. The summed E-state index contributed by atoms with van der Waals surface area (Å²) < 4.78 is 12.8. The van der Waals surface area contributed by atoms with E-state index in [0.29, 0.717) is 23.3 Å². The Morgan fingerprint density at radius 2 is 1.94 bits per heavy atom. The highest BCUT2D eigenvalue weighted by Gasteiger charge is 2.19. The van der Waals surface area contributed by atoms with Gasteiger partial charge >= 0.3 is 0 Å². The monoisotopic (exact) mass is 473 g/mol. The van der Waals surface area contributed by atoms with Gasteiger partial charge in [0, 0.05) is 18.0 Å². The first-order valence-electron chi connectivity index (χ1n) is 10.9. The number of nitrogens with zero attached hydrogens (tertiary/aromatic N) is 4. The Hall–Kier alpha value is -3.85. The number of carbonyl (C=O) groups excluding carboxylic acids is 1. The van der Waals surface area contributed by atoms with Crippen LogP contribution in [-0.4, -0.2) is 38.2 Å². The van der Waals surface area contributed by atoms with Gasteiger partial charge in [0.05, 0.1) is 18.3 Å². The van der Waals surface area contributed by atoms with E-state index in [2.05, 4.69) is 32.6 Å². The number of nitrogens with one attached hydrogen (secondary N) is 1. The van der Waals surface area contributed by atoms with Crippen molar-refractivity contribution in [2.75, 3.05) is 12.5 Å². The Kier molecular flexibility index (Phi) is 6.44. The average molecular weight is 474 g/mol. The fraction of sp³-hybridized carbons (Fsp3) is 0.200. The summed E-state index contributed by atoms with van der Waals surface area (Å²) in [6.45, 7) is 2.76. The molecule has 0 spiro atoms. The molecule has 2 aromatic heterocycles. The van der Waals surface area contributed by atoms with Crippen LogP contribution < -0.4 is 14.8 Å². The number of carbonyl (C=O) groups is 1. The third kappa shape index (κ3) is 4.89. The van der Waals surface area contributed by atoms with Crippen LogP contribution in [0.4, 0.5) is 0 Å². The van der Waals surface area contributed by atoms with Gasteiger partial charge in [-0.05, 0) is 42.3 Å². The van der Waals surface area contributed by atoms with Gasteiger partial charge in [-0.2, -0.15) is 0 Å². The van der Waals surface area contributed by atoms with E-state index in [1.165, 1.54) is 11.8 Å². The van der Waals surface area contributed by atoms with Crippen molar-refractivity contribution in [1.29, 1.82) is 0 Å². The summed E-state index contributed by atoms with van der Waals surface area (Å²) in [5.41, 5.74) is 2.95. The molecule has 1 N–H and O–H groups in total. The molecule has 1 amide bonds. The van der Waals surface area contributed by atoms with Crippen LogP contribution in [0.3, 0.4) is 0 Å². The zero-order valence-electron chi connectivity index (χ0n) is 18.5. The standard InChI is InChI=1S/C25H23N5O3S/c1-17(19-9-10-21-22(12-19)33-16-32-21)27-23(31)15-34-25-29-28-24(20-8-5-11-26-13-20)30(25)14-18-6-3-2-4-7-18/h2-13,17H,14-16H2,1H3,(H,27,31)/t17-/m1/s1. The SMILES string of the molecule is C[C@@H](NC(=O)CSc1nnc(-c2cccnc2)n1Cc1ccccc1)c1ccc2c(c1)OCO2. The van der Waals surface area contributed by atoms with Crippen LogP contribution in [0.15, 0.2) is 78.2 Å². The van der Waals surface area contributed by atoms with Crippen LogP contribution in [0.2, 0.25) is 0 Å². The lowest BCUT2D eigenvalue weighted by Gasteiger charge is -2.15. The van der Waals surface area contributed by atoms with Gasteiger partial charge in [-0.3, -0.25) is 14.3 Å². The molecule has 1 aliphatic rings. The van der Waals surface area contributed by atoms with E-state index in [-0.39, 0.29) is 24.5 Å². The quantitative estimate of drug-likeness (QED) is 0.386. The summed E-state index contributed by atoms with van der Waals surface area (Å²) in [5.74, 6) is 2.26. The van der Waals surface area contributed by atoms with E-state index in [4.69, 9.17) is 9.47 Å². The van der Waals surface area contributed by atoms with E-state index < -0.39 is 0 Å². The van der Waals surface area contributed by atoms with E-state index in [0.717, 1.165) is 22.4 Å². The number of thioether (sulfide) groups is 1. The maximum Gasteiger partial charge on any atom is 0.231 e. The number of ether oxygens (including phenoxy) is 2. The summed E-state index contributed by atoms with van der Waals surface area (Å²) in [7, 11) is 0. The lowest BCUT2D eigenvalue weighted by Crippen LogP contribution is -2.28. The van der Waals surface area contributed by atoms with Gasteiger partial charge in [0.2, 0.25) is 12.7 Å². The van der Waals surface area contributed by atoms with E-state index in [1.807, 2.05) is 60.0 Å². The first-order valence-corrected chi connectivity index (χ1v) is 11.8. The summed E-state index contributed by atoms with van der Waals surface area (Å²) in [6.07, 6.45) is 3.49. The molecule has 0 unspecified atom stereocenters. The number of benzene rings is 2. The van der Waals surface area contributed by atoms with Gasteiger partial charge < -0.3 is 14.8 Å². The number of hydrogen-bond donors (Lipinski definition) is 1. The van der Waals surface area contributed by atoms with Gasteiger partial charge in [0.1, 0.15) is 0 Å². The molecule has 5 rings (SSSR count). The van der Waals surface area contributed by atoms with E-state index in [1.54, 1.807) is 12.4 Å². The first kappa shape index (κ1) is 22.0. The van der Waals surface area contributed by atoms with Crippen LogP contribution in [0.25, 0.3) is 11.4 Å². The molecule has 1 aliphatic heterocycles. The molecule has 8 nitrogen and oxygen atoms in total. The summed E-state index contributed by atoms with van der Waals surface area (Å²) in [6, 6.07) is 19.4. The summed E-state index contributed by atoms with van der Waals surface area (Å²) in [5, 5.41) is 12.5. The normalized spacial score (nSPS) is 13.0. The van der Waals surface area contributed by atoms with Gasteiger partial charge in [0.25, 0.3) is 0 Å². The molecule has 1 atom stereocenters.